The molecule has 0 aromatic carbocycles. The third-order valence-corrected chi connectivity index (χ3v) is 3.67. The Labute approximate surface area is 102 Å². The minimum Gasteiger partial charge on any atom is -0.320 e. The number of aryl methyl sites for hydroxylation is 1. The first-order valence-corrected chi connectivity index (χ1v) is 6.30. The molecule has 0 unspecified atom stereocenters. The molecule has 1 aliphatic rings. The van der Waals surface area contributed by atoms with Crippen molar-refractivity contribution in [1.82, 2.24) is 9.38 Å². The fourth-order valence-electron chi connectivity index (χ4n) is 2.52. The van der Waals surface area contributed by atoms with Crippen molar-refractivity contribution in [3.05, 3.63) is 35.3 Å². The summed E-state index contributed by atoms with van der Waals surface area (Å²) in [5, 5.41) is 0. The summed E-state index contributed by atoms with van der Waals surface area (Å²) in [7, 11) is 0. The first kappa shape index (κ1) is 10.8. The van der Waals surface area contributed by atoms with Gasteiger partial charge in [0.25, 0.3) is 0 Å². The normalized spacial score (nSPS) is 17.9. The van der Waals surface area contributed by atoms with Crippen molar-refractivity contribution in [2.45, 2.75) is 45.1 Å². The topological polar surface area (TPSA) is 43.3 Å². The van der Waals surface area contributed by atoms with Crippen LogP contribution in [-0.2, 0) is 5.54 Å². The lowest BCUT2D eigenvalue weighted by Crippen LogP contribution is -2.23. The van der Waals surface area contributed by atoms with E-state index in [1.807, 2.05) is 0 Å². The first-order chi connectivity index (χ1) is 8.03. The molecular formula is C14H19N3. The molecule has 3 rings (SSSR count). The Balaban J connectivity index is 2.38. The van der Waals surface area contributed by atoms with Gasteiger partial charge in [0.05, 0.1) is 16.9 Å². The SMILES string of the molecule is Cc1cccc2nc(C(C)C)c(C3(N)CC3)n12. The Morgan fingerprint density at radius 3 is 2.65 bits per heavy atom. The summed E-state index contributed by atoms with van der Waals surface area (Å²) >= 11 is 0. The Bertz CT molecular complexity index is 576. The highest BCUT2D eigenvalue weighted by atomic mass is 15.1. The van der Waals surface area contributed by atoms with Crippen molar-refractivity contribution < 1.29 is 0 Å². The lowest BCUT2D eigenvalue weighted by atomic mass is 10.0. The zero-order valence-corrected chi connectivity index (χ0v) is 10.7. The van der Waals surface area contributed by atoms with Gasteiger partial charge >= 0.3 is 0 Å². The van der Waals surface area contributed by atoms with Crippen LogP contribution >= 0.6 is 0 Å². The molecular weight excluding hydrogens is 210 g/mol. The number of rotatable bonds is 2. The van der Waals surface area contributed by atoms with Crippen LogP contribution < -0.4 is 5.73 Å². The number of hydrogen-bond acceptors (Lipinski definition) is 2. The smallest absolute Gasteiger partial charge is 0.137 e. The molecule has 0 saturated heterocycles. The molecule has 0 bridgehead atoms. The third kappa shape index (κ3) is 1.49. The molecule has 3 nitrogen and oxygen atoms in total. The zero-order chi connectivity index (χ0) is 12.2. The molecule has 1 aliphatic carbocycles. The number of nitrogens with two attached hydrogens (primary N) is 1. The van der Waals surface area contributed by atoms with Gasteiger partial charge in [0.15, 0.2) is 0 Å². The molecule has 0 aliphatic heterocycles. The molecule has 17 heavy (non-hydrogen) atoms. The fourth-order valence-corrected chi connectivity index (χ4v) is 2.52. The van der Waals surface area contributed by atoms with Gasteiger partial charge in [0, 0.05) is 5.69 Å². The van der Waals surface area contributed by atoms with Crippen molar-refractivity contribution in [2.75, 3.05) is 0 Å². The third-order valence-electron chi connectivity index (χ3n) is 3.67. The van der Waals surface area contributed by atoms with Crippen LogP contribution in [0.15, 0.2) is 18.2 Å². The molecule has 3 heteroatoms. The zero-order valence-electron chi connectivity index (χ0n) is 10.7. The fraction of sp³-hybridized carbons (Fsp3) is 0.500. The molecule has 0 spiro atoms. The first-order valence-electron chi connectivity index (χ1n) is 6.30. The standard InChI is InChI=1S/C14H19N3/c1-9(2)12-13(14(15)7-8-14)17-10(3)5-4-6-11(17)16-12/h4-6,9H,7-8,15H2,1-3H3. The Hall–Kier alpha value is -1.35. The van der Waals surface area contributed by atoms with Gasteiger partial charge in [-0.15, -0.1) is 0 Å². The van der Waals surface area contributed by atoms with Crippen LogP contribution in [0.2, 0.25) is 0 Å². The van der Waals surface area contributed by atoms with Gasteiger partial charge < -0.3 is 5.73 Å². The van der Waals surface area contributed by atoms with Gasteiger partial charge in [-0.05, 0) is 37.8 Å². The molecule has 0 atom stereocenters. The van der Waals surface area contributed by atoms with Crippen molar-refractivity contribution in [3.8, 4) is 0 Å². The molecule has 90 valence electrons. The van der Waals surface area contributed by atoms with E-state index in [4.69, 9.17) is 10.7 Å². The average molecular weight is 229 g/mol. The number of nitrogens with zero attached hydrogens (tertiary/aromatic N) is 2. The molecule has 0 radical (unpaired) electrons. The van der Waals surface area contributed by atoms with E-state index in [-0.39, 0.29) is 5.54 Å². The molecule has 1 fully saturated rings. The maximum absolute atomic E-state index is 6.43. The number of aromatic nitrogens is 2. The molecule has 2 aromatic heterocycles. The second-order valence-corrected chi connectivity index (χ2v) is 5.52. The van der Waals surface area contributed by atoms with Gasteiger partial charge in [-0.1, -0.05) is 19.9 Å². The van der Waals surface area contributed by atoms with E-state index in [0.717, 1.165) is 18.5 Å². The molecule has 2 N–H and O–H groups in total. The van der Waals surface area contributed by atoms with E-state index >= 15 is 0 Å². The Kier molecular flexibility index (Phi) is 2.11. The van der Waals surface area contributed by atoms with E-state index in [0.29, 0.717) is 5.92 Å². The van der Waals surface area contributed by atoms with E-state index in [1.165, 1.54) is 17.1 Å². The second-order valence-electron chi connectivity index (χ2n) is 5.52. The van der Waals surface area contributed by atoms with Gasteiger partial charge in [0.2, 0.25) is 0 Å². The average Bonchev–Trinajstić information content (AvgIpc) is 2.88. The summed E-state index contributed by atoms with van der Waals surface area (Å²) < 4.78 is 2.24. The minimum atomic E-state index is -0.134. The largest absolute Gasteiger partial charge is 0.320 e. The maximum atomic E-state index is 6.43. The van der Waals surface area contributed by atoms with E-state index < -0.39 is 0 Å². The summed E-state index contributed by atoms with van der Waals surface area (Å²) in [5.41, 5.74) is 10.9. The van der Waals surface area contributed by atoms with Crippen molar-refractivity contribution in [3.63, 3.8) is 0 Å². The van der Waals surface area contributed by atoms with E-state index in [2.05, 4.69) is 43.4 Å². The van der Waals surface area contributed by atoms with Crippen molar-refractivity contribution >= 4 is 5.65 Å². The highest BCUT2D eigenvalue weighted by Crippen LogP contribution is 2.45. The van der Waals surface area contributed by atoms with Crippen LogP contribution in [0.5, 0.6) is 0 Å². The quantitative estimate of drug-likeness (QED) is 0.860. The number of pyridine rings is 1. The van der Waals surface area contributed by atoms with Crippen LogP contribution in [0.4, 0.5) is 0 Å². The maximum Gasteiger partial charge on any atom is 0.137 e. The van der Waals surface area contributed by atoms with Crippen molar-refractivity contribution in [1.29, 1.82) is 0 Å². The summed E-state index contributed by atoms with van der Waals surface area (Å²) in [4.78, 5) is 4.76. The lowest BCUT2D eigenvalue weighted by molar-refractivity contribution is 0.664. The summed E-state index contributed by atoms with van der Waals surface area (Å²) in [6.07, 6.45) is 2.16. The minimum absolute atomic E-state index is 0.134. The van der Waals surface area contributed by atoms with Gasteiger partial charge in [-0.25, -0.2) is 4.98 Å². The Morgan fingerprint density at radius 2 is 2.06 bits per heavy atom. The number of hydrogen-bond donors (Lipinski definition) is 1. The van der Waals surface area contributed by atoms with Crippen LogP contribution in [0.1, 0.15) is 49.7 Å². The van der Waals surface area contributed by atoms with E-state index in [9.17, 15) is 0 Å². The van der Waals surface area contributed by atoms with Crippen molar-refractivity contribution in [2.24, 2.45) is 5.73 Å². The highest BCUT2D eigenvalue weighted by molar-refractivity contribution is 5.49. The molecule has 0 amide bonds. The van der Waals surface area contributed by atoms with Crippen LogP contribution in [-0.4, -0.2) is 9.38 Å². The van der Waals surface area contributed by atoms with Gasteiger partial charge in [-0.2, -0.15) is 0 Å². The number of fused-ring (bicyclic) bond motifs is 1. The molecule has 2 aromatic rings. The second kappa shape index (κ2) is 3.33. The molecule has 2 heterocycles. The monoisotopic (exact) mass is 229 g/mol. The molecule has 1 saturated carbocycles. The number of imidazole rings is 1. The van der Waals surface area contributed by atoms with Gasteiger partial charge in [-0.3, -0.25) is 4.40 Å². The summed E-state index contributed by atoms with van der Waals surface area (Å²) in [6.45, 7) is 6.49. The predicted molar refractivity (Wildman–Crippen MR) is 69.1 cm³/mol. The van der Waals surface area contributed by atoms with E-state index in [1.54, 1.807) is 0 Å². The van der Waals surface area contributed by atoms with Crippen LogP contribution in [0, 0.1) is 6.92 Å². The Morgan fingerprint density at radius 1 is 1.35 bits per heavy atom. The van der Waals surface area contributed by atoms with Crippen LogP contribution in [0.3, 0.4) is 0 Å². The summed E-state index contributed by atoms with van der Waals surface area (Å²) in [6, 6.07) is 6.24. The van der Waals surface area contributed by atoms with Crippen LogP contribution in [0.25, 0.3) is 5.65 Å². The lowest BCUT2D eigenvalue weighted by Gasteiger charge is -2.14. The predicted octanol–water partition coefficient (Wildman–Crippen LogP) is 2.71. The summed E-state index contributed by atoms with van der Waals surface area (Å²) in [5.74, 6) is 0.422. The highest BCUT2D eigenvalue weighted by Gasteiger charge is 2.45. The van der Waals surface area contributed by atoms with Gasteiger partial charge in [0.1, 0.15) is 5.65 Å².